The highest BCUT2D eigenvalue weighted by molar-refractivity contribution is 7.88. The summed E-state index contributed by atoms with van der Waals surface area (Å²) in [5, 5.41) is 3.43. The van der Waals surface area contributed by atoms with E-state index in [2.05, 4.69) is 31.3 Å². The van der Waals surface area contributed by atoms with Gasteiger partial charge in [-0.05, 0) is 38.9 Å². The first-order valence-electron chi connectivity index (χ1n) is 6.59. The summed E-state index contributed by atoms with van der Waals surface area (Å²) in [6, 6.07) is 4.60. The Kier molecular flexibility index (Phi) is 6.46. The van der Waals surface area contributed by atoms with Crippen LogP contribution in [-0.4, -0.2) is 38.6 Å². The van der Waals surface area contributed by atoms with Crippen LogP contribution in [0, 0.1) is 6.92 Å². The van der Waals surface area contributed by atoms with Crippen molar-refractivity contribution >= 4 is 21.4 Å². The molecule has 0 saturated heterocycles. The van der Waals surface area contributed by atoms with Crippen LogP contribution >= 0.6 is 11.3 Å². The van der Waals surface area contributed by atoms with Crippen LogP contribution in [0.2, 0.25) is 0 Å². The number of nitrogens with one attached hydrogen (secondary N) is 1. The minimum atomic E-state index is -3.06. The molecule has 1 rings (SSSR count). The highest BCUT2D eigenvalue weighted by Crippen LogP contribution is 2.22. The van der Waals surface area contributed by atoms with E-state index in [0.717, 1.165) is 13.0 Å². The SMILES string of the molecule is CCN(CCCNC(C)c1ccc(C)s1)S(C)(=O)=O. The Morgan fingerprint density at radius 3 is 2.58 bits per heavy atom. The summed E-state index contributed by atoms with van der Waals surface area (Å²) in [7, 11) is -3.06. The number of nitrogens with zero attached hydrogens (tertiary/aromatic N) is 1. The molecule has 1 aromatic rings. The van der Waals surface area contributed by atoms with Gasteiger partial charge in [0.05, 0.1) is 6.26 Å². The first-order valence-corrected chi connectivity index (χ1v) is 9.26. The van der Waals surface area contributed by atoms with Gasteiger partial charge in [0, 0.05) is 28.9 Å². The van der Waals surface area contributed by atoms with Crippen molar-refractivity contribution in [1.82, 2.24) is 9.62 Å². The average molecular weight is 304 g/mol. The molecule has 0 amide bonds. The molecule has 0 bridgehead atoms. The van der Waals surface area contributed by atoms with Crippen molar-refractivity contribution in [2.75, 3.05) is 25.9 Å². The Balaban J connectivity index is 2.31. The number of thiophene rings is 1. The second-order valence-electron chi connectivity index (χ2n) is 4.73. The molecule has 0 aromatic carbocycles. The molecule has 0 aliphatic heterocycles. The maximum atomic E-state index is 11.4. The Morgan fingerprint density at radius 2 is 2.11 bits per heavy atom. The van der Waals surface area contributed by atoms with Crippen LogP contribution in [0.15, 0.2) is 12.1 Å². The summed E-state index contributed by atoms with van der Waals surface area (Å²) in [5.41, 5.74) is 0. The molecule has 0 aliphatic rings. The molecule has 1 heterocycles. The first kappa shape index (κ1) is 16.6. The summed E-state index contributed by atoms with van der Waals surface area (Å²) in [6.45, 7) is 8.05. The average Bonchev–Trinajstić information content (AvgIpc) is 2.74. The quantitative estimate of drug-likeness (QED) is 0.750. The summed E-state index contributed by atoms with van der Waals surface area (Å²) in [6.07, 6.45) is 2.09. The molecule has 110 valence electrons. The number of rotatable bonds is 8. The molecule has 6 heteroatoms. The van der Waals surface area contributed by atoms with Gasteiger partial charge in [-0.2, -0.15) is 0 Å². The first-order chi connectivity index (χ1) is 8.84. The van der Waals surface area contributed by atoms with Gasteiger partial charge in [0.2, 0.25) is 10.0 Å². The van der Waals surface area contributed by atoms with Crippen molar-refractivity contribution in [1.29, 1.82) is 0 Å². The van der Waals surface area contributed by atoms with E-state index in [9.17, 15) is 8.42 Å². The molecular weight excluding hydrogens is 280 g/mol. The Bertz CT molecular complexity index is 483. The van der Waals surface area contributed by atoms with Crippen molar-refractivity contribution < 1.29 is 8.42 Å². The summed E-state index contributed by atoms with van der Waals surface area (Å²) in [4.78, 5) is 2.64. The number of hydrogen-bond acceptors (Lipinski definition) is 4. The van der Waals surface area contributed by atoms with Gasteiger partial charge in [0.25, 0.3) is 0 Å². The normalized spacial score (nSPS) is 13.9. The Hall–Kier alpha value is -0.430. The van der Waals surface area contributed by atoms with Gasteiger partial charge in [0.15, 0.2) is 0 Å². The number of hydrogen-bond donors (Lipinski definition) is 1. The lowest BCUT2D eigenvalue weighted by molar-refractivity contribution is 0.414. The van der Waals surface area contributed by atoms with E-state index in [4.69, 9.17) is 0 Å². The lowest BCUT2D eigenvalue weighted by atomic mass is 10.2. The van der Waals surface area contributed by atoms with Crippen molar-refractivity contribution in [3.8, 4) is 0 Å². The van der Waals surface area contributed by atoms with E-state index in [-0.39, 0.29) is 0 Å². The molecule has 4 nitrogen and oxygen atoms in total. The Morgan fingerprint density at radius 1 is 1.42 bits per heavy atom. The van der Waals surface area contributed by atoms with E-state index in [1.54, 1.807) is 11.3 Å². The third kappa shape index (κ3) is 5.60. The van der Waals surface area contributed by atoms with Crippen molar-refractivity contribution in [3.05, 3.63) is 21.9 Å². The van der Waals surface area contributed by atoms with Gasteiger partial charge in [-0.15, -0.1) is 11.3 Å². The van der Waals surface area contributed by atoms with E-state index in [1.807, 2.05) is 6.92 Å². The number of sulfonamides is 1. The zero-order chi connectivity index (χ0) is 14.5. The summed E-state index contributed by atoms with van der Waals surface area (Å²) in [5.74, 6) is 0. The van der Waals surface area contributed by atoms with Crippen LogP contribution in [0.4, 0.5) is 0 Å². The van der Waals surface area contributed by atoms with Crippen LogP contribution < -0.4 is 5.32 Å². The molecular formula is C13H24N2O2S2. The second-order valence-corrected chi connectivity index (χ2v) is 8.03. The molecule has 19 heavy (non-hydrogen) atoms. The van der Waals surface area contributed by atoms with Gasteiger partial charge >= 0.3 is 0 Å². The zero-order valence-electron chi connectivity index (χ0n) is 12.1. The summed E-state index contributed by atoms with van der Waals surface area (Å²) >= 11 is 1.80. The lowest BCUT2D eigenvalue weighted by Crippen LogP contribution is -2.32. The predicted octanol–water partition coefficient (Wildman–Crippen LogP) is 2.38. The van der Waals surface area contributed by atoms with Gasteiger partial charge in [-0.1, -0.05) is 6.92 Å². The van der Waals surface area contributed by atoms with Crippen LogP contribution in [0.5, 0.6) is 0 Å². The molecule has 0 spiro atoms. The predicted molar refractivity (Wildman–Crippen MR) is 82.2 cm³/mol. The van der Waals surface area contributed by atoms with E-state index >= 15 is 0 Å². The van der Waals surface area contributed by atoms with Crippen molar-refractivity contribution in [3.63, 3.8) is 0 Å². The van der Waals surface area contributed by atoms with Crippen molar-refractivity contribution in [2.45, 2.75) is 33.2 Å². The third-order valence-corrected chi connectivity index (χ3v) is 5.61. The molecule has 1 aromatic heterocycles. The topological polar surface area (TPSA) is 49.4 Å². The van der Waals surface area contributed by atoms with E-state index < -0.39 is 10.0 Å². The molecule has 1 unspecified atom stereocenters. The lowest BCUT2D eigenvalue weighted by Gasteiger charge is -2.18. The third-order valence-electron chi connectivity index (χ3n) is 3.04. The molecule has 1 atom stereocenters. The molecule has 0 saturated carbocycles. The standard InChI is InChI=1S/C13H24N2O2S2/c1-5-15(19(4,16)17)10-6-9-14-12(3)13-8-7-11(2)18-13/h7-8,12,14H,5-6,9-10H2,1-4H3. The Labute approximate surface area is 120 Å². The monoisotopic (exact) mass is 304 g/mol. The van der Waals surface area contributed by atoms with Crippen LogP contribution in [0.3, 0.4) is 0 Å². The van der Waals surface area contributed by atoms with Gasteiger partial charge in [-0.3, -0.25) is 0 Å². The van der Waals surface area contributed by atoms with Gasteiger partial charge < -0.3 is 5.32 Å². The fourth-order valence-corrected chi connectivity index (χ4v) is 3.75. The van der Waals surface area contributed by atoms with Crippen LogP contribution in [0.25, 0.3) is 0 Å². The smallest absolute Gasteiger partial charge is 0.211 e. The summed E-state index contributed by atoms with van der Waals surface area (Å²) < 4.78 is 24.4. The minimum Gasteiger partial charge on any atom is -0.309 e. The largest absolute Gasteiger partial charge is 0.309 e. The highest BCUT2D eigenvalue weighted by Gasteiger charge is 2.13. The molecule has 1 N–H and O–H groups in total. The van der Waals surface area contributed by atoms with Gasteiger partial charge in [-0.25, -0.2) is 12.7 Å². The van der Waals surface area contributed by atoms with Crippen LogP contribution in [-0.2, 0) is 10.0 Å². The zero-order valence-corrected chi connectivity index (χ0v) is 13.8. The van der Waals surface area contributed by atoms with Gasteiger partial charge in [0.1, 0.15) is 0 Å². The molecule has 0 radical (unpaired) electrons. The molecule has 0 aliphatic carbocycles. The maximum Gasteiger partial charge on any atom is 0.211 e. The minimum absolute atomic E-state index is 0.326. The molecule has 0 fully saturated rings. The fourth-order valence-electron chi connectivity index (χ4n) is 1.92. The fraction of sp³-hybridized carbons (Fsp3) is 0.692. The van der Waals surface area contributed by atoms with E-state index in [1.165, 1.54) is 20.3 Å². The highest BCUT2D eigenvalue weighted by atomic mass is 32.2. The maximum absolute atomic E-state index is 11.4. The number of aryl methyl sites for hydroxylation is 1. The van der Waals surface area contributed by atoms with E-state index in [0.29, 0.717) is 19.1 Å². The second kappa shape index (κ2) is 7.38. The van der Waals surface area contributed by atoms with Crippen molar-refractivity contribution in [2.24, 2.45) is 0 Å². The van der Waals surface area contributed by atoms with Crippen LogP contribution in [0.1, 0.15) is 36.1 Å².